The molecule has 1 aromatic heterocycles. The van der Waals surface area contributed by atoms with E-state index < -0.39 is 16.6 Å². The van der Waals surface area contributed by atoms with Crippen molar-refractivity contribution in [2.24, 2.45) is 0 Å². The molecule has 0 atom stereocenters. The average Bonchev–Trinajstić information content (AvgIpc) is 3.26. The molecule has 1 N–H and O–H groups in total. The van der Waals surface area contributed by atoms with Gasteiger partial charge in [-0.2, -0.15) is 0 Å². The second-order valence-electron chi connectivity index (χ2n) is 4.94. The van der Waals surface area contributed by atoms with Crippen LogP contribution < -0.4 is 5.32 Å². The van der Waals surface area contributed by atoms with Gasteiger partial charge in [-0.25, -0.2) is 4.39 Å². The number of rotatable bonds is 6. The van der Waals surface area contributed by atoms with Gasteiger partial charge in [0.05, 0.1) is 16.4 Å². The van der Waals surface area contributed by atoms with Crippen LogP contribution >= 0.6 is 11.8 Å². The van der Waals surface area contributed by atoms with E-state index in [4.69, 9.17) is 4.42 Å². The molecular formula is C13H11FN4O4S. The van der Waals surface area contributed by atoms with E-state index in [2.05, 4.69) is 15.5 Å². The minimum absolute atomic E-state index is 0.0750. The molecule has 120 valence electrons. The van der Waals surface area contributed by atoms with E-state index in [0.717, 1.165) is 42.8 Å². The van der Waals surface area contributed by atoms with Crippen LogP contribution in [0, 0.1) is 15.9 Å². The second-order valence-corrected chi connectivity index (χ2v) is 5.87. The first kappa shape index (κ1) is 15.4. The molecule has 1 fully saturated rings. The number of anilines is 1. The monoisotopic (exact) mass is 338 g/mol. The number of benzene rings is 1. The number of hydrogen-bond acceptors (Lipinski definition) is 7. The third-order valence-corrected chi connectivity index (χ3v) is 3.93. The van der Waals surface area contributed by atoms with Crippen LogP contribution in [0.25, 0.3) is 0 Å². The van der Waals surface area contributed by atoms with Gasteiger partial charge in [0.25, 0.3) is 10.9 Å². The lowest BCUT2D eigenvalue weighted by molar-refractivity contribution is -0.384. The van der Waals surface area contributed by atoms with Crippen molar-refractivity contribution in [3.63, 3.8) is 0 Å². The van der Waals surface area contributed by atoms with E-state index in [9.17, 15) is 19.3 Å². The predicted molar refractivity (Wildman–Crippen MR) is 78.7 cm³/mol. The fourth-order valence-corrected chi connectivity index (χ4v) is 2.38. The Morgan fingerprint density at radius 1 is 1.48 bits per heavy atom. The number of halogens is 1. The Balaban J connectivity index is 1.58. The molecule has 0 saturated heterocycles. The van der Waals surface area contributed by atoms with Crippen LogP contribution in [0.4, 0.5) is 15.8 Å². The summed E-state index contributed by atoms with van der Waals surface area (Å²) >= 11 is 1.02. The third kappa shape index (κ3) is 3.83. The van der Waals surface area contributed by atoms with Crippen LogP contribution in [0.1, 0.15) is 24.7 Å². The molecule has 1 heterocycles. The molecule has 0 radical (unpaired) electrons. The maximum atomic E-state index is 13.6. The average molecular weight is 338 g/mol. The van der Waals surface area contributed by atoms with Gasteiger partial charge in [-0.1, -0.05) is 11.8 Å². The van der Waals surface area contributed by atoms with Crippen molar-refractivity contribution in [1.29, 1.82) is 0 Å². The van der Waals surface area contributed by atoms with Crippen LogP contribution in [0.5, 0.6) is 0 Å². The summed E-state index contributed by atoms with van der Waals surface area (Å²) in [6, 6.07) is 2.92. The topological polar surface area (TPSA) is 111 Å². The van der Waals surface area contributed by atoms with Crippen LogP contribution in [0.3, 0.4) is 0 Å². The summed E-state index contributed by atoms with van der Waals surface area (Å²) in [7, 11) is 0. The number of nitrogens with one attached hydrogen (secondary N) is 1. The minimum Gasteiger partial charge on any atom is -0.416 e. The summed E-state index contributed by atoms with van der Waals surface area (Å²) in [5.41, 5.74) is -0.547. The predicted octanol–water partition coefficient (Wildman–Crippen LogP) is 2.73. The standard InChI is InChI=1S/C13H11FN4O4S/c14-9-4-3-8(18(20)21)5-10(9)15-11(19)6-23-13-17-16-12(22-13)7-1-2-7/h3-5,7H,1-2,6H2,(H,15,19). The van der Waals surface area contributed by atoms with E-state index in [1.807, 2.05) is 0 Å². The summed E-state index contributed by atoms with van der Waals surface area (Å²) in [5.74, 6) is -0.459. The van der Waals surface area contributed by atoms with Gasteiger partial charge in [-0.3, -0.25) is 14.9 Å². The largest absolute Gasteiger partial charge is 0.416 e. The highest BCUT2D eigenvalue weighted by atomic mass is 32.2. The quantitative estimate of drug-likeness (QED) is 0.489. The first-order chi connectivity index (χ1) is 11.0. The maximum absolute atomic E-state index is 13.6. The highest BCUT2D eigenvalue weighted by Gasteiger charge is 2.29. The van der Waals surface area contributed by atoms with Gasteiger partial charge in [0.2, 0.25) is 11.8 Å². The van der Waals surface area contributed by atoms with E-state index in [1.165, 1.54) is 0 Å². The number of carbonyl (C=O) groups excluding carboxylic acids is 1. The maximum Gasteiger partial charge on any atom is 0.277 e. The smallest absolute Gasteiger partial charge is 0.277 e. The Morgan fingerprint density at radius 3 is 2.96 bits per heavy atom. The number of thioether (sulfide) groups is 1. The third-order valence-electron chi connectivity index (χ3n) is 3.11. The molecule has 1 amide bonds. The van der Waals surface area contributed by atoms with Crippen molar-refractivity contribution in [2.75, 3.05) is 11.1 Å². The Kier molecular flexibility index (Phi) is 4.24. The molecule has 3 rings (SSSR count). The molecule has 0 aliphatic heterocycles. The number of non-ortho nitro benzene ring substituents is 1. The zero-order chi connectivity index (χ0) is 16.4. The van der Waals surface area contributed by atoms with Crippen molar-refractivity contribution < 1.29 is 18.5 Å². The second kappa shape index (κ2) is 6.32. The zero-order valence-corrected chi connectivity index (χ0v) is 12.5. The molecule has 1 aliphatic carbocycles. The Hall–Kier alpha value is -2.49. The van der Waals surface area contributed by atoms with Crippen LogP contribution in [0.2, 0.25) is 0 Å². The molecule has 1 aromatic carbocycles. The van der Waals surface area contributed by atoms with Crippen LogP contribution in [-0.4, -0.2) is 26.8 Å². The summed E-state index contributed by atoms with van der Waals surface area (Å²) in [5, 5.41) is 20.9. The molecule has 1 aliphatic rings. The fourth-order valence-electron chi connectivity index (χ4n) is 1.81. The van der Waals surface area contributed by atoms with Crippen LogP contribution in [-0.2, 0) is 4.79 Å². The lowest BCUT2D eigenvalue weighted by atomic mass is 10.2. The number of aromatic nitrogens is 2. The molecule has 0 bridgehead atoms. The molecule has 23 heavy (non-hydrogen) atoms. The molecule has 2 aromatic rings. The highest BCUT2D eigenvalue weighted by molar-refractivity contribution is 7.99. The lowest BCUT2D eigenvalue weighted by Crippen LogP contribution is -2.15. The van der Waals surface area contributed by atoms with Gasteiger partial charge in [0, 0.05) is 18.1 Å². The van der Waals surface area contributed by atoms with Crippen LogP contribution in [0.15, 0.2) is 27.8 Å². The Bertz CT molecular complexity index is 762. The van der Waals surface area contributed by atoms with E-state index in [1.54, 1.807) is 0 Å². The number of nitrogens with zero attached hydrogens (tertiary/aromatic N) is 3. The van der Waals surface area contributed by atoms with E-state index in [0.29, 0.717) is 11.8 Å². The summed E-state index contributed by atoms with van der Waals surface area (Å²) < 4.78 is 19.0. The molecule has 10 heteroatoms. The summed E-state index contributed by atoms with van der Waals surface area (Å²) in [6.07, 6.45) is 2.05. The van der Waals surface area contributed by atoms with Gasteiger partial charge in [-0.15, -0.1) is 10.2 Å². The highest BCUT2D eigenvalue weighted by Crippen LogP contribution is 2.39. The van der Waals surface area contributed by atoms with Crippen molar-refractivity contribution in [3.8, 4) is 0 Å². The van der Waals surface area contributed by atoms with E-state index in [-0.39, 0.29) is 22.4 Å². The van der Waals surface area contributed by atoms with Gasteiger partial charge in [0.1, 0.15) is 5.82 Å². The Morgan fingerprint density at radius 2 is 2.26 bits per heavy atom. The summed E-state index contributed by atoms with van der Waals surface area (Å²) in [4.78, 5) is 21.8. The molecule has 0 unspecified atom stereocenters. The van der Waals surface area contributed by atoms with Gasteiger partial charge in [-0.05, 0) is 18.9 Å². The van der Waals surface area contributed by atoms with Gasteiger partial charge < -0.3 is 9.73 Å². The number of amides is 1. The van der Waals surface area contributed by atoms with E-state index >= 15 is 0 Å². The normalized spacial score (nSPS) is 13.8. The van der Waals surface area contributed by atoms with Crippen molar-refractivity contribution in [1.82, 2.24) is 10.2 Å². The number of carbonyl (C=O) groups is 1. The SMILES string of the molecule is O=C(CSc1nnc(C2CC2)o1)Nc1cc([N+](=O)[O-])ccc1F. The lowest BCUT2D eigenvalue weighted by Gasteiger charge is -2.05. The Labute approximate surface area is 133 Å². The minimum atomic E-state index is -0.747. The van der Waals surface area contributed by atoms with Gasteiger partial charge in [0.15, 0.2) is 0 Å². The summed E-state index contributed by atoms with van der Waals surface area (Å²) in [6.45, 7) is 0. The first-order valence-corrected chi connectivity index (χ1v) is 7.71. The number of nitro groups is 1. The molecular weight excluding hydrogens is 327 g/mol. The zero-order valence-electron chi connectivity index (χ0n) is 11.7. The molecule has 8 nitrogen and oxygen atoms in total. The van der Waals surface area contributed by atoms with Gasteiger partial charge >= 0.3 is 0 Å². The number of hydrogen-bond donors (Lipinski definition) is 1. The fraction of sp³-hybridized carbons (Fsp3) is 0.308. The first-order valence-electron chi connectivity index (χ1n) is 6.73. The van der Waals surface area contributed by atoms with Crippen molar-refractivity contribution in [3.05, 3.63) is 40.0 Å². The molecule has 0 spiro atoms. The number of nitro benzene ring substituents is 1. The molecule has 1 saturated carbocycles. The van der Waals surface area contributed by atoms with Crippen molar-refractivity contribution in [2.45, 2.75) is 24.0 Å². The van der Waals surface area contributed by atoms with Crippen molar-refractivity contribution >= 4 is 29.0 Å².